The maximum atomic E-state index is 13.0. The number of phenols is 1. The highest BCUT2D eigenvalue weighted by Gasteiger charge is 2.23. The molecule has 0 fully saturated rings. The number of ketones is 1. The van der Waals surface area contributed by atoms with Gasteiger partial charge in [0.15, 0.2) is 17.1 Å². The highest BCUT2D eigenvalue weighted by atomic mass is 19.1. The van der Waals surface area contributed by atoms with E-state index in [1.165, 1.54) is 25.3 Å². The second-order valence-corrected chi connectivity index (χ2v) is 6.49. The highest BCUT2D eigenvalue weighted by Crippen LogP contribution is 2.42. The van der Waals surface area contributed by atoms with Gasteiger partial charge in [-0.15, -0.1) is 0 Å². The third-order valence-electron chi connectivity index (χ3n) is 4.69. The van der Waals surface area contributed by atoms with Crippen molar-refractivity contribution in [2.75, 3.05) is 6.61 Å². The molecule has 1 atom stereocenters. The monoisotopic (exact) mass is 356 g/mol. The minimum absolute atomic E-state index is 0.155. The number of carbonyl (C=O) groups excluding carboxylic acids is 1. The number of furan rings is 1. The lowest BCUT2D eigenvalue weighted by Gasteiger charge is -2.16. The van der Waals surface area contributed by atoms with Crippen molar-refractivity contribution < 1.29 is 23.4 Å². The summed E-state index contributed by atoms with van der Waals surface area (Å²) in [7, 11) is 0. The number of Topliss-reactive ketones (excluding diaryl/α,β-unsaturated/α-hetero) is 1. The molecule has 0 bridgehead atoms. The second kappa shape index (κ2) is 7.20. The van der Waals surface area contributed by atoms with Gasteiger partial charge in [0.25, 0.3) is 0 Å². The van der Waals surface area contributed by atoms with Crippen LogP contribution in [0.5, 0.6) is 11.5 Å². The summed E-state index contributed by atoms with van der Waals surface area (Å²) in [6.07, 6.45) is 2.17. The van der Waals surface area contributed by atoms with E-state index >= 15 is 0 Å². The molecule has 0 spiro atoms. The summed E-state index contributed by atoms with van der Waals surface area (Å²) < 4.78 is 24.3. The number of hydrogen-bond acceptors (Lipinski definition) is 4. The number of fused-ring (bicyclic) bond motifs is 1. The Bertz CT molecular complexity index is 941. The van der Waals surface area contributed by atoms with Gasteiger partial charge in [-0.1, -0.05) is 19.1 Å². The summed E-state index contributed by atoms with van der Waals surface area (Å²) in [5.74, 6) is -0.340. The molecule has 1 N–H and O–H groups in total. The van der Waals surface area contributed by atoms with Crippen molar-refractivity contribution in [3.63, 3.8) is 0 Å². The van der Waals surface area contributed by atoms with Gasteiger partial charge in [0.1, 0.15) is 5.82 Å². The molecule has 0 aliphatic heterocycles. The van der Waals surface area contributed by atoms with E-state index in [-0.39, 0.29) is 34.6 Å². The van der Waals surface area contributed by atoms with Gasteiger partial charge in [0, 0.05) is 5.39 Å². The van der Waals surface area contributed by atoms with Crippen LogP contribution >= 0.6 is 0 Å². The topological polar surface area (TPSA) is 59.7 Å². The number of halogens is 1. The Kier molecular flexibility index (Phi) is 4.98. The summed E-state index contributed by atoms with van der Waals surface area (Å²) in [4.78, 5) is 11.9. The lowest BCUT2D eigenvalue weighted by atomic mass is 9.98. The van der Waals surface area contributed by atoms with E-state index in [1.54, 1.807) is 25.1 Å². The summed E-state index contributed by atoms with van der Waals surface area (Å²) in [5, 5.41) is 11.3. The van der Waals surface area contributed by atoms with Crippen LogP contribution in [0.4, 0.5) is 4.39 Å². The molecule has 5 heteroatoms. The molecule has 0 saturated carbocycles. The molecule has 1 unspecified atom stereocenters. The van der Waals surface area contributed by atoms with Crippen LogP contribution < -0.4 is 4.74 Å². The Morgan fingerprint density at radius 2 is 1.96 bits per heavy atom. The van der Waals surface area contributed by atoms with E-state index in [0.717, 1.165) is 10.9 Å². The van der Waals surface area contributed by atoms with Gasteiger partial charge in [-0.25, -0.2) is 4.39 Å². The van der Waals surface area contributed by atoms with E-state index in [2.05, 4.69) is 0 Å². The smallest absolute Gasteiger partial charge is 0.205 e. The van der Waals surface area contributed by atoms with Crippen molar-refractivity contribution in [3.8, 4) is 11.5 Å². The summed E-state index contributed by atoms with van der Waals surface area (Å²) in [6.45, 7) is 5.53. The van der Waals surface area contributed by atoms with Crippen molar-refractivity contribution >= 4 is 16.8 Å². The first kappa shape index (κ1) is 18.0. The predicted molar refractivity (Wildman–Crippen MR) is 97.5 cm³/mol. The SMILES string of the molecule is CC(=O)c1c(O)c(OCCC(C)c2ccc(F)cc2)c2occc2c1C. The zero-order chi connectivity index (χ0) is 18.8. The highest BCUT2D eigenvalue weighted by molar-refractivity contribution is 6.05. The van der Waals surface area contributed by atoms with Gasteiger partial charge in [-0.3, -0.25) is 4.79 Å². The molecule has 136 valence electrons. The molecular weight excluding hydrogens is 335 g/mol. The van der Waals surface area contributed by atoms with Crippen LogP contribution in [-0.4, -0.2) is 17.5 Å². The van der Waals surface area contributed by atoms with Gasteiger partial charge in [-0.2, -0.15) is 0 Å². The quantitative estimate of drug-likeness (QED) is 0.604. The molecule has 0 aliphatic carbocycles. The van der Waals surface area contributed by atoms with E-state index in [9.17, 15) is 14.3 Å². The van der Waals surface area contributed by atoms with Crippen LogP contribution in [0.1, 0.15) is 47.7 Å². The fourth-order valence-electron chi connectivity index (χ4n) is 3.17. The Balaban J connectivity index is 1.81. The normalized spacial score (nSPS) is 12.3. The van der Waals surface area contributed by atoms with Crippen LogP contribution in [0.3, 0.4) is 0 Å². The molecule has 0 saturated heterocycles. The van der Waals surface area contributed by atoms with Gasteiger partial charge >= 0.3 is 0 Å². The molecule has 0 radical (unpaired) electrons. The Morgan fingerprint density at radius 1 is 1.27 bits per heavy atom. The lowest BCUT2D eigenvalue weighted by Crippen LogP contribution is -2.06. The number of hydrogen-bond donors (Lipinski definition) is 1. The van der Waals surface area contributed by atoms with Crippen molar-refractivity contribution in [1.82, 2.24) is 0 Å². The maximum Gasteiger partial charge on any atom is 0.205 e. The Hall–Kier alpha value is -2.82. The van der Waals surface area contributed by atoms with E-state index in [0.29, 0.717) is 24.2 Å². The largest absolute Gasteiger partial charge is 0.504 e. The fraction of sp³-hybridized carbons (Fsp3) is 0.286. The van der Waals surface area contributed by atoms with Gasteiger partial charge in [0.05, 0.1) is 18.4 Å². The molecule has 4 nitrogen and oxygen atoms in total. The summed E-state index contributed by atoms with van der Waals surface area (Å²) >= 11 is 0. The number of phenolic OH excluding ortho intramolecular Hbond substituents is 1. The van der Waals surface area contributed by atoms with Crippen molar-refractivity contribution in [2.45, 2.75) is 33.1 Å². The van der Waals surface area contributed by atoms with Gasteiger partial charge in [0.2, 0.25) is 5.75 Å². The first-order valence-electron chi connectivity index (χ1n) is 8.52. The zero-order valence-electron chi connectivity index (χ0n) is 15.0. The zero-order valence-corrected chi connectivity index (χ0v) is 15.0. The molecule has 2 aromatic carbocycles. The molecule has 26 heavy (non-hydrogen) atoms. The third-order valence-corrected chi connectivity index (χ3v) is 4.69. The number of aromatic hydroxyl groups is 1. The van der Waals surface area contributed by atoms with Crippen LogP contribution in [0.25, 0.3) is 11.0 Å². The molecule has 1 heterocycles. The average Bonchev–Trinajstić information content (AvgIpc) is 3.08. The number of carbonyl (C=O) groups is 1. The van der Waals surface area contributed by atoms with Crippen LogP contribution in [0, 0.1) is 12.7 Å². The molecule has 1 aromatic heterocycles. The predicted octanol–water partition coefficient (Wildman–Crippen LogP) is 5.36. The minimum Gasteiger partial charge on any atom is -0.504 e. The van der Waals surface area contributed by atoms with E-state index in [1.807, 2.05) is 6.92 Å². The van der Waals surface area contributed by atoms with E-state index in [4.69, 9.17) is 9.15 Å². The van der Waals surface area contributed by atoms with Gasteiger partial charge in [-0.05, 0) is 55.5 Å². The standard InChI is InChI=1S/C21H21FO4/c1-12(15-4-6-16(22)7-5-15)8-10-26-21-19(24)18(14(3)23)13(2)17-9-11-25-20(17)21/h4-7,9,11-12,24H,8,10H2,1-3H3. The number of benzene rings is 2. The van der Waals surface area contributed by atoms with Crippen LogP contribution in [0.15, 0.2) is 41.0 Å². The number of aryl methyl sites for hydroxylation is 1. The second-order valence-electron chi connectivity index (χ2n) is 6.49. The fourth-order valence-corrected chi connectivity index (χ4v) is 3.17. The molecule has 0 amide bonds. The Morgan fingerprint density at radius 3 is 2.62 bits per heavy atom. The number of ether oxygens (including phenoxy) is 1. The minimum atomic E-state index is -0.265. The average molecular weight is 356 g/mol. The summed E-state index contributed by atoms with van der Waals surface area (Å²) in [6, 6.07) is 8.13. The molecular formula is C21H21FO4. The molecule has 3 aromatic rings. The lowest BCUT2D eigenvalue weighted by molar-refractivity contribution is 0.101. The Labute approximate surface area is 151 Å². The van der Waals surface area contributed by atoms with Crippen LogP contribution in [0.2, 0.25) is 0 Å². The first-order chi connectivity index (χ1) is 12.4. The first-order valence-corrected chi connectivity index (χ1v) is 8.52. The van der Waals surface area contributed by atoms with Crippen molar-refractivity contribution in [3.05, 3.63) is 59.1 Å². The van der Waals surface area contributed by atoms with Gasteiger partial charge < -0.3 is 14.3 Å². The molecule has 3 rings (SSSR count). The van der Waals surface area contributed by atoms with Crippen molar-refractivity contribution in [1.29, 1.82) is 0 Å². The summed E-state index contributed by atoms with van der Waals surface area (Å²) in [5.41, 5.74) is 2.36. The van der Waals surface area contributed by atoms with Crippen molar-refractivity contribution in [2.24, 2.45) is 0 Å². The third kappa shape index (κ3) is 3.29. The van der Waals surface area contributed by atoms with E-state index < -0.39 is 0 Å². The van der Waals surface area contributed by atoms with Crippen LogP contribution in [-0.2, 0) is 0 Å². The number of rotatable bonds is 6. The molecule has 0 aliphatic rings. The maximum absolute atomic E-state index is 13.0.